The molecule has 0 heterocycles. The summed E-state index contributed by atoms with van der Waals surface area (Å²) in [5.41, 5.74) is 0.153. The summed E-state index contributed by atoms with van der Waals surface area (Å²) < 4.78 is 13.2. The summed E-state index contributed by atoms with van der Waals surface area (Å²) in [6.45, 7) is 1.32. The fraction of sp³-hybridized carbons (Fsp3) is 0.222. The highest BCUT2D eigenvalue weighted by atomic mass is 35.5. The average Bonchev–Trinajstić information content (AvgIpc) is 2.03. The van der Waals surface area contributed by atoms with E-state index < -0.39 is 11.2 Å². The lowest BCUT2D eigenvalue weighted by atomic mass is 10.1. The monoisotopic (exact) mass is 218 g/mol. The maximum absolute atomic E-state index is 13.2. The zero-order valence-electron chi connectivity index (χ0n) is 6.92. The molecular weight excluding hydrogens is 211 g/mol. The second-order valence-electron chi connectivity index (χ2n) is 2.65. The summed E-state index contributed by atoms with van der Waals surface area (Å²) >= 11 is 9.74. The molecule has 0 aliphatic carbocycles. The predicted molar refractivity (Wildman–Crippen MR) is 52.9 cm³/mol. The second-order valence-corrected chi connectivity index (χ2v) is 3.56. The van der Waals surface area contributed by atoms with Crippen molar-refractivity contribution < 1.29 is 9.18 Å². The minimum absolute atomic E-state index is 0.153. The third kappa shape index (κ3) is 2.23. The van der Waals surface area contributed by atoms with E-state index in [1.165, 1.54) is 19.1 Å². The summed E-state index contributed by atoms with van der Waals surface area (Å²) in [5.74, 6) is -0.787. The molecule has 1 nitrogen and oxygen atoms in total. The van der Waals surface area contributed by atoms with Crippen LogP contribution >= 0.6 is 24.2 Å². The van der Waals surface area contributed by atoms with Crippen LogP contribution in [0.1, 0.15) is 17.9 Å². The second kappa shape index (κ2) is 4.11. The van der Waals surface area contributed by atoms with Gasteiger partial charge in [0.15, 0.2) is 5.78 Å². The Morgan fingerprint density at radius 2 is 2.23 bits per heavy atom. The van der Waals surface area contributed by atoms with E-state index in [9.17, 15) is 9.18 Å². The number of Topliss-reactive ketones (excluding diaryl/α,β-unsaturated/α-hetero) is 1. The van der Waals surface area contributed by atoms with E-state index in [1.54, 1.807) is 6.07 Å². The number of thiol groups is 1. The molecule has 0 fully saturated rings. The molecule has 0 aliphatic rings. The molecule has 0 aromatic heterocycles. The van der Waals surface area contributed by atoms with Crippen LogP contribution in [0, 0.1) is 5.82 Å². The van der Waals surface area contributed by atoms with Crippen molar-refractivity contribution in [3.05, 3.63) is 29.6 Å². The first kappa shape index (κ1) is 10.5. The number of carbonyl (C=O) groups is 1. The lowest BCUT2D eigenvalue weighted by molar-refractivity contribution is -0.116. The fourth-order valence-electron chi connectivity index (χ4n) is 0.980. The van der Waals surface area contributed by atoms with Crippen LogP contribution in [-0.4, -0.2) is 5.78 Å². The molecule has 0 radical (unpaired) electrons. The van der Waals surface area contributed by atoms with Crippen molar-refractivity contribution in [3.63, 3.8) is 0 Å². The molecule has 0 amide bonds. The van der Waals surface area contributed by atoms with Crippen molar-refractivity contribution in [1.82, 2.24) is 0 Å². The van der Waals surface area contributed by atoms with Gasteiger partial charge in [-0.3, -0.25) is 4.79 Å². The van der Waals surface area contributed by atoms with Gasteiger partial charge in [0, 0.05) is 10.5 Å². The average molecular weight is 219 g/mol. The zero-order valence-corrected chi connectivity index (χ0v) is 8.57. The van der Waals surface area contributed by atoms with Gasteiger partial charge >= 0.3 is 0 Å². The van der Waals surface area contributed by atoms with Gasteiger partial charge in [0.1, 0.15) is 11.2 Å². The summed E-state index contributed by atoms with van der Waals surface area (Å²) in [4.78, 5) is 11.3. The SMILES string of the molecule is CC(=O)C(Cl)c1c(F)cccc1S. The Bertz CT molecular complexity index is 320. The van der Waals surface area contributed by atoms with E-state index in [2.05, 4.69) is 12.6 Å². The van der Waals surface area contributed by atoms with Gasteiger partial charge in [0.2, 0.25) is 0 Å². The number of benzene rings is 1. The molecule has 0 saturated heterocycles. The Morgan fingerprint density at radius 1 is 1.62 bits per heavy atom. The highest BCUT2D eigenvalue weighted by Crippen LogP contribution is 2.29. The molecule has 1 unspecified atom stereocenters. The van der Waals surface area contributed by atoms with Crippen LogP contribution in [0.5, 0.6) is 0 Å². The number of ketones is 1. The van der Waals surface area contributed by atoms with Gasteiger partial charge < -0.3 is 0 Å². The normalized spacial score (nSPS) is 12.6. The summed E-state index contributed by atoms with van der Waals surface area (Å²) in [6.07, 6.45) is 0. The fourth-order valence-corrected chi connectivity index (χ4v) is 1.60. The van der Waals surface area contributed by atoms with Gasteiger partial charge in [-0.15, -0.1) is 24.2 Å². The largest absolute Gasteiger partial charge is 0.298 e. The van der Waals surface area contributed by atoms with Gasteiger partial charge in [0.25, 0.3) is 0 Å². The van der Waals surface area contributed by atoms with E-state index in [0.717, 1.165) is 0 Å². The van der Waals surface area contributed by atoms with E-state index in [4.69, 9.17) is 11.6 Å². The molecule has 0 aliphatic heterocycles. The third-order valence-corrected chi connectivity index (χ3v) is 2.56. The predicted octanol–water partition coefficient (Wildman–Crippen LogP) is 2.98. The van der Waals surface area contributed by atoms with E-state index in [1.807, 2.05) is 0 Å². The Morgan fingerprint density at radius 3 is 2.69 bits per heavy atom. The minimum atomic E-state index is -0.950. The molecule has 13 heavy (non-hydrogen) atoms. The standard InChI is InChI=1S/C9H8ClFOS/c1-5(12)9(10)8-6(11)3-2-4-7(8)13/h2-4,9,13H,1H3. The van der Waals surface area contributed by atoms with Crippen LogP contribution in [0.25, 0.3) is 0 Å². The van der Waals surface area contributed by atoms with E-state index >= 15 is 0 Å². The first-order valence-corrected chi connectivity index (χ1v) is 4.54. The molecular formula is C9H8ClFOS. The van der Waals surface area contributed by atoms with Crippen molar-refractivity contribution in [2.75, 3.05) is 0 Å². The Balaban J connectivity index is 3.20. The highest BCUT2D eigenvalue weighted by Gasteiger charge is 2.19. The van der Waals surface area contributed by atoms with Crippen LogP contribution in [0.3, 0.4) is 0 Å². The van der Waals surface area contributed by atoms with Gasteiger partial charge in [-0.1, -0.05) is 6.07 Å². The van der Waals surface area contributed by atoms with Crippen molar-refractivity contribution in [1.29, 1.82) is 0 Å². The Kier molecular flexibility index (Phi) is 3.33. The van der Waals surface area contributed by atoms with Gasteiger partial charge in [-0.05, 0) is 19.1 Å². The Labute approximate surface area is 86.3 Å². The van der Waals surface area contributed by atoms with E-state index in [0.29, 0.717) is 4.90 Å². The lowest BCUT2D eigenvalue weighted by Crippen LogP contribution is -2.05. The molecule has 1 aromatic rings. The number of hydrogen-bond donors (Lipinski definition) is 1. The van der Waals surface area contributed by atoms with Crippen molar-refractivity contribution in [2.45, 2.75) is 17.2 Å². The highest BCUT2D eigenvalue weighted by molar-refractivity contribution is 7.80. The minimum Gasteiger partial charge on any atom is -0.298 e. The quantitative estimate of drug-likeness (QED) is 0.597. The molecule has 0 saturated carbocycles. The van der Waals surface area contributed by atoms with Crippen molar-refractivity contribution >= 4 is 30.0 Å². The molecule has 1 aromatic carbocycles. The smallest absolute Gasteiger partial charge is 0.152 e. The topological polar surface area (TPSA) is 17.1 Å². The molecule has 1 rings (SSSR count). The first-order valence-electron chi connectivity index (χ1n) is 3.66. The number of carbonyl (C=O) groups excluding carboxylic acids is 1. The number of hydrogen-bond acceptors (Lipinski definition) is 2. The van der Waals surface area contributed by atoms with Gasteiger partial charge in [-0.2, -0.15) is 0 Å². The zero-order chi connectivity index (χ0) is 10.0. The molecule has 1 atom stereocenters. The summed E-state index contributed by atoms with van der Waals surface area (Å²) in [7, 11) is 0. The van der Waals surface area contributed by atoms with Crippen LogP contribution in [0.4, 0.5) is 4.39 Å². The van der Waals surface area contributed by atoms with Crippen LogP contribution < -0.4 is 0 Å². The van der Waals surface area contributed by atoms with Gasteiger partial charge in [0.05, 0.1) is 0 Å². The number of rotatable bonds is 2. The third-order valence-electron chi connectivity index (χ3n) is 1.64. The maximum atomic E-state index is 13.2. The van der Waals surface area contributed by atoms with Crippen LogP contribution in [-0.2, 0) is 4.79 Å². The maximum Gasteiger partial charge on any atom is 0.152 e. The number of halogens is 2. The molecule has 0 N–H and O–H groups in total. The Hall–Kier alpha value is -0.540. The van der Waals surface area contributed by atoms with Crippen molar-refractivity contribution in [2.24, 2.45) is 0 Å². The number of alkyl halides is 1. The molecule has 0 spiro atoms. The summed E-state index contributed by atoms with van der Waals surface area (Å²) in [5, 5.41) is -0.950. The molecule has 4 heteroatoms. The lowest BCUT2D eigenvalue weighted by Gasteiger charge is -2.09. The van der Waals surface area contributed by atoms with E-state index in [-0.39, 0.29) is 11.3 Å². The van der Waals surface area contributed by atoms with Crippen LogP contribution in [0.2, 0.25) is 0 Å². The van der Waals surface area contributed by atoms with Crippen molar-refractivity contribution in [3.8, 4) is 0 Å². The first-order chi connectivity index (χ1) is 6.04. The molecule has 70 valence electrons. The molecule has 0 bridgehead atoms. The van der Waals surface area contributed by atoms with Gasteiger partial charge in [-0.25, -0.2) is 4.39 Å². The summed E-state index contributed by atoms with van der Waals surface area (Å²) in [6, 6.07) is 4.37. The van der Waals surface area contributed by atoms with Crippen LogP contribution in [0.15, 0.2) is 23.1 Å².